The molecule has 128 valence electrons. The maximum absolute atomic E-state index is 12.1. The lowest BCUT2D eigenvalue weighted by Gasteiger charge is -2.08. The molecule has 2 N–H and O–H groups in total. The number of hydrogen-bond acceptors (Lipinski definition) is 4. The Morgan fingerprint density at radius 1 is 1.16 bits per heavy atom. The number of ether oxygens (including phenoxy) is 1. The first-order valence-electron chi connectivity index (χ1n) is 7.79. The van der Waals surface area contributed by atoms with Gasteiger partial charge >= 0.3 is 5.97 Å². The van der Waals surface area contributed by atoms with E-state index in [2.05, 4.69) is 5.10 Å². The van der Waals surface area contributed by atoms with Crippen molar-refractivity contribution in [2.24, 2.45) is 0 Å². The Bertz CT molecular complexity index is 917. The Balaban J connectivity index is 1.66. The minimum Gasteiger partial charge on any atom is -0.457 e. The summed E-state index contributed by atoms with van der Waals surface area (Å²) in [4.78, 5) is 12.1. The Morgan fingerprint density at radius 2 is 1.88 bits per heavy atom. The van der Waals surface area contributed by atoms with E-state index in [4.69, 9.17) is 22.1 Å². The van der Waals surface area contributed by atoms with Crippen molar-refractivity contribution in [1.29, 1.82) is 0 Å². The molecule has 25 heavy (non-hydrogen) atoms. The largest absolute Gasteiger partial charge is 0.457 e. The van der Waals surface area contributed by atoms with Gasteiger partial charge in [-0.3, -0.25) is 0 Å². The fourth-order valence-corrected chi connectivity index (χ4v) is 2.64. The predicted molar refractivity (Wildman–Crippen MR) is 98.0 cm³/mol. The highest BCUT2D eigenvalue weighted by Gasteiger charge is 2.10. The number of benzene rings is 2. The number of nitrogen functional groups attached to an aromatic ring is 1. The molecule has 1 heterocycles. The van der Waals surface area contributed by atoms with Crippen molar-refractivity contribution in [2.75, 3.05) is 5.73 Å². The highest BCUT2D eigenvalue weighted by molar-refractivity contribution is 6.33. The summed E-state index contributed by atoms with van der Waals surface area (Å²) < 4.78 is 7.20. The van der Waals surface area contributed by atoms with Crippen LogP contribution in [0.5, 0.6) is 0 Å². The average Bonchev–Trinajstić information content (AvgIpc) is 2.94. The van der Waals surface area contributed by atoms with Crippen molar-refractivity contribution < 1.29 is 9.53 Å². The highest BCUT2D eigenvalue weighted by atomic mass is 35.5. The van der Waals surface area contributed by atoms with Crippen molar-refractivity contribution in [3.63, 3.8) is 0 Å². The lowest BCUT2D eigenvalue weighted by atomic mass is 10.2. The van der Waals surface area contributed by atoms with E-state index in [1.54, 1.807) is 12.1 Å². The van der Waals surface area contributed by atoms with Gasteiger partial charge in [-0.15, -0.1) is 0 Å². The number of nitrogens with zero attached hydrogens (tertiary/aromatic N) is 2. The van der Waals surface area contributed by atoms with Crippen molar-refractivity contribution in [2.45, 2.75) is 20.5 Å². The van der Waals surface area contributed by atoms with E-state index in [0.29, 0.717) is 16.3 Å². The van der Waals surface area contributed by atoms with E-state index in [1.807, 2.05) is 48.9 Å². The minimum absolute atomic E-state index is 0.179. The molecule has 0 saturated carbocycles. The zero-order valence-corrected chi connectivity index (χ0v) is 14.7. The summed E-state index contributed by atoms with van der Waals surface area (Å²) in [6, 6.07) is 14.4. The zero-order valence-electron chi connectivity index (χ0n) is 14.0. The SMILES string of the molecule is Cc1cc(C)n(-c2ccc(COC(=O)c3ccc(Cl)c(N)c3)cc2)n1. The van der Waals surface area contributed by atoms with E-state index < -0.39 is 5.97 Å². The predicted octanol–water partition coefficient (Wildman–Crippen LogP) is 4.08. The number of esters is 1. The third kappa shape index (κ3) is 3.83. The van der Waals surface area contributed by atoms with Gasteiger partial charge in [-0.2, -0.15) is 5.10 Å². The molecule has 0 atom stereocenters. The molecule has 0 aliphatic rings. The van der Waals surface area contributed by atoms with Gasteiger partial charge in [-0.25, -0.2) is 9.48 Å². The molecule has 0 spiro atoms. The summed E-state index contributed by atoms with van der Waals surface area (Å²) in [7, 11) is 0. The number of anilines is 1. The Labute approximate surface area is 151 Å². The summed E-state index contributed by atoms with van der Waals surface area (Å²) >= 11 is 5.85. The highest BCUT2D eigenvalue weighted by Crippen LogP contribution is 2.20. The van der Waals surface area contributed by atoms with Crippen molar-refractivity contribution >= 4 is 23.3 Å². The van der Waals surface area contributed by atoms with Gasteiger partial charge in [0.15, 0.2) is 0 Å². The minimum atomic E-state index is -0.439. The molecule has 0 aliphatic carbocycles. The van der Waals surface area contributed by atoms with Crippen LogP contribution in [0, 0.1) is 13.8 Å². The monoisotopic (exact) mass is 355 g/mol. The van der Waals surface area contributed by atoms with Gasteiger partial charge in [0.05, 0.1) is 27.7 Å². The van der Waals surface area contributed by atoms with E-state index >= 15 is 0 Å². The molecule has 3 rings (SSSR count). The summed E-state index contributed by atoms with van der Waals surface area (Å²) in [5.74, 6) is -0.439. The first kappa shape index (κ1) is 17.0. The number of carbonyl (C=O) groups excluding carboxylic acids is 1. The van der Waals surface area contributed by atoms with Crippen LogP contribution in [0.2, 0.25) is 5.02 Å². The molecular weight excluding hydrogens is 338 g/mol. The number of carbonyl (C=O) groups is 1. The van der Waals surface area contributed by atoms with Crippen LogP contribution in [0.3, 0.4) is 0 Å². The molecule has 0 radical (unpaired) electrons. The van der Waals surface area contributed by atoms with Gasteiger partial charge in [0.25, 0.3) is 0 Å². The maximum Gasteiger partial charge on any atom is 0.338 e. The van der Waals surface area contributed by atoms with Crippen LogP contribution in [0.1, 0.15) is 27.3 Å². The second-order valence-electron chi connectivity index (χ2n) is 5.82. The smallest absolute Gasteiger partial charge is 0.338 e. The Hall–Kier alpha value is -2.79. The van der Waals surface area contributed by atoms with Gasteiger partial charge < -0.3 is 10.5 Å². The van der Waals surface area contributed by atoms with Crippen LogP contribution in [0.25, 0.3) is 5.69 Å². The van der Waals surface area contributed by atoms with Crippen LogP contribution in [-0.4, -0.2) is 15.7 Å². The first-order chi connectivity index (χ1) is 11.9. The number of hydrogen-bond donors (Lipinski definition) is 1. The second kappa shape index (κ2) is 6.99. The van der Waals surface area contributed by atoms with Gasteiger partial charge in [0.2, 0.25) is 0 Å². The lowest BCUT2D eigenvalue weighted by molar-refractivity contribution is 0.0473. The third-order valence-corrected chi connectivity index (χ3v) is 4.14. The Kier molecular flexibility index (Phi) is 4.76. The van der Waals surface area contributed by atoms with Crippen molar-refractivity contribution in [1.82, 2.24) is 9.78 Å². The van der Waals surface area contributed by atoms with E-state index in [1.165, 1.54) is 6.07 Å². The van der Waals surface area contributed by atoms with Crippen LogP contribution in [0.4, 0.5) is 5.69 Å². The first-order valence-corrected chi connectivity index (χ1v) is 8.16. The van der Waals surface area contributed by atoms with Gasteiger partial charge in [0.1, 0.15) is 6.61 Å². The van der Waals surface area contributed by atoms with Gasteiger partial charge in [0, 0.05) is 5.69 Å². The average molecular weight is 356 g/mol. The molecule has 5 nitrogen and oxygen atoms in total. The molecule has 0 fully saturated rings. The summed E-state index contributed by atoms with van der Waals surface area (Å²) in [5.41, 5.74) is 10.3. The van der Waals surface area contributed by atoms with Crippen molar-refractivity contribution in [3.05, 3.63) is 76.1 Å². The second-order valence-corrected chi connectivity index (χ2v) is 6.22. The summed E-state index contributed by atoms with van der Waals surface area (Å²) in [6.07, 6.45) is 0. The molecule has 2 aromatic carbocycles. The maximum atomic E-state index is 12.1. The number of aromatic nitrogens is 2. The molecule has 0 saturated heterocycles. The van der Waals surface area contributed by atoms with Crippen LogP contribution in [0.15, 0.2) is 48.5 Å². The standard InChI is InChI=1S/C19H18ClN3O2/c1-12-9-13(2)23(22-12)16-6-3-14(4-7-16)11-25-19(24)15-5-8-17(20)18(21)10-15/h3-10H,11,21H2,1-2H3. The number of rotatable bonds is 4. The topological polar surface area (TPSA) is 70.1 Å². The molecule has 6 heteroatoms. The number of nitrogens with two attached hydrogens (primary N) is 1. The fraction of sp³-hybridized carbons (Fsp3) is 0.158. The van der Waals surface area contributed by atoms with E-state index in [-0.39, 0.29) is 6.61 Å². The zero-order chi connectivity index (χ0) is 18.0. The Morgan fingerprint density at radius 3 is 2.48 bits per heavy atom. The summed E-state index contributed by atoms with van der Waals surface area (Å²) in [5, 5.41) is 4.86. The quantitative estimate of drug-likeness (QED) is 0.565. The molecule has 0 unspecified atom stereocenters. The molecule has 0 aliphatic heterocycles. The fourth-order valence-electron chi connectivity index (χ4n) is 2.53. The molecule has 0 amide bonds. The molecule has 1 aromatic heterocycles. The van der Waals surface area contributed by atoms with Crippen LogP contribution < -0.4 is 5.73 Å². The van der Waals surface area contributed by atoms with Crippen LogP contribution in [-0.2, 0) is 11.3 Å². The lowest BCUT2D eigenvalue weighted by Crippen LogP contribution is -2.06. The van der Waals surface area contributed by atoms with E-state index in [0.717, 1.165) is 22.6 Å². The van der Waals surface area contributed by atoms with Crippen molar-refractivity contribution in [3.8, 4) is 5.69 Å². The van der Waals surface area contributed by atoms with Gasteiger partial charge in [-0.1, -0.05) is 23.7 Å². The third-order valence-electron chi connectivity index (χ3n) is 3.79. The number of halogens is 1. The van der Waals surface area contributed by atoms with E-state index in [9.17, 15) is 4.79 Å². The number of aryl methyl sites for hydroxylation is 2. The summed E-state index contributed by atoms with van der Waals surface area (Å²) in [6.45, 7) is 4.15. The van der Waals surface area contributed by atoms with Crippen LogP contribution >= 0.6 is 11.6 Å². The molecule has 0 bridgehead atoms. The van der Waals surface area contributed by atoms with Gasteiger partial charge in [-0.05, 0) is 55.8 Å². The normalized spacial score (nSPS) is 10.7. The molecular formula is C19H18ClN3O2. The molecule has 3 aromatic rings.